The first-order valence-electron chi connectivity index (χ1n) is 6.38. The molecule has 102 valence electrons. The van der Waals surface area contributed by atoms with Crippen molar-refractivity contribution in [3.05, 3.63) is 54.4 Å². The summed E-state index contributed by atoms with van der Waals surface area (Å²) in [5, 5.41) is 0. The number of hydrazine groups is 1. The van der Waals surface area contributed by atoms with Crippen LogP contribution in [0.1, 0.15) is 5.82 Å². The number of nitrogens with two attached hydrogens (primary N) is 1. The van der Waals surface area contributed by atoms with Crippen LogP contribution in [0.3, 0.4) is 0 Å². The number of rotatable bonds is 4. The van der Waals surface area contributed by atoms with Gasteiger partial charge >= 0.3 is 0 Å². The van der Waals surface area contributed by atoms with Gasteiger partial charge in [-0.05, 0) is 36.4 Å². The van der Waals surface area contributed by atoms with Crippen LogP contribution in [0.15, 0.2) is 48.5 Å². The Kier molecular flexibility index (Phi) is 3.26. The number of imidazole rings is 1. The summed E-state index contributed by atoms with van der Waals surface area (Å²) in [7, 11) is 2.00. The van der Waals surface area contributed by atoms with Crippen molar-refractivity contribution in [2.24, 2.45) is 12.9 Å². The summed E-state index contributed by atoms with van der Waals surface area (Å²) in [6, 6.07) is 15.5. The molecule has 0 spiro atoms. The third kappa shape index (κ3) is 2.31. The van der Waals surface area contributed by atoms with Crippen molar-refractivity contribution in [2.45, 2.75) is 6.61 Å². The van der Waals surface area contributed by atoms with E-state index in [1.165, 1.54) is 0 Å². The molecule has 20 heavy (non-hydrogen) atoms. The molecule has 3 N–H and O–H groups in total. The SMILES string of the molecule is Cn1c(COc2ccc(NN)cc2)nc2ccccc21. The van der Waals surface area contributed by atoms with Gasteiger partial charge in [-0.3, -0.25) is 5.84 Å². The number of benzene rings is 2. The number of hydrogen-bond donors (Lipinski definition) is 2. The highest BCUT2D eigenvalue weighted by atomic mass is 16.5. The highest BCUT2D eigenvalue weighted by molar-refractivity contribution is 5.75. The Hall–Kier alpha value is -2.53. The first-order valence-corrected chi connectivity index (χ1v) is 6.38. The van der Waals surface area contributed by atoms with Crippen LogP contribution in [-0.4, -0.2) is 9.55 Å². The largest absolute Gasteiger partial charge is 0.486 e. The number of fused-ring (bicyclic) bond motifs is 1. The Morgan fingerprint density at radius 3 is 2.60 bits per heavy atom. The van der Waals surface area contributed by atoms with E-state index in [9.17, 15) is 0 Å². The maximum Gasteiger partial charge on any atom is 0.147 e. The molecule has 1 heterocycles. The number of nitrogen functional groups attached to an aromatic ring is 1. The number of ether oxygens (including phenoxy) is 1. The zero-order chi connectivity index (χ0) is 13.9. The molecule has 5 nitrogen and oxygen atoms in total. The molecule has 0 amide bonds. The molecule has 0 fully saturated rings. The van der Waals surface area contributed by atoms with Crippen molar-refractivity contribution in [1.29, 1.82) is 0 Å². The first kappa shape index (κ1) is 12.5. The lowest BCUT2D eigenvalue weighted by molar-refractivity contribution is 0.292. The Morgan fingerprint density at radius 2 is 1.90 bits per heavy atom. The van der Waals surface area contributed by atoms with E-state index in [4.69, 9.17) is 10.6 Å². The lowest BCUT2D eigenvalue weighted by Gasteiger charge is -2.07. The highest BCUT2D eigenvalue weighted by Gasteiger charge is 2.07. The second-order valence-electron chi connectivity index (χ2n) is 4.53. The molecule has 0 bridgehead atoms. The van der Waals surface area contributed by atoms with Crippen LogP contribution < -0.4 is 16.0 Å². The fourth-order valence-electron chi connectivity index (χ4n) is 2.12. The van der Waals surface area contributed by atoms with Crippen LogP contribution in [0.2, 0.25) is 0 Å². The Bertz CT molecular complexity index is 718. The van der Waals surface area contributed by atoms with Gasteiger partial charge in [0.15, 0.2) is 0 Å². The molecule has 2 aromatic carbocycles. The summed E-state index contributed by atoms with van der Waals surface area (Å²) < 4.78 is 7.80. The minimum atomic E-state index is 0.431. The van der Waals surface area contributed by atoms with E-state index in [1.807, 2.05) is 60.1 Å². The van der Waals surface area contributed by atoms with Gasteiger partial charge in [-0.25, -0.2) is 4.98 Å². The molecule has 0 aliphatic heterocycles. The predicted molar refractivity (Wildman–Crippen MR) is 79.3 cm³/mol. The molecule has 3 aromatic rings. The van der Waals surface area contributed by atoms with Gasteiger partial charge in [0, 0.05) is 12.7 Å². The normalized spacial score (nSPS) is 10.7. The van der Waals surface area contributed by atoms with Crippen molar-refractivity contribution in [2.75, 3.05) is 5.43 Å². The topological polar surface area (TPSA) is 65.1 Å². The van der Waals surface area contributed by atoms with E-state index in [2.05, 4.69) is 10.4 Å². The summed E-state index contributed by atoms with van der Waals surface area (Å²) in [4.78, 5) is 4.57. The number of nitrogens with zero attached hydrogens (tertiary/aromatic N) is 2. The average Bonchev–Trinajstić information content (AvgIpc) is 2.83. The van der Waals surface area contributed by atoms with E-state index in [0.29, 0.717) is 6.61 Å². The monoisotopic (exact) mass is 268 g/mol. The number of aromatic nitrogens is 2. The molecule has 0 aliphatic carbocycles. The van der Waals surface area contributed by atoms with Crippen LogP contribution in [0.4, 0.5) is 5.69 Å². The molecule has 0 saturated carbocycles. The van der Waals surface area contributed by atoms with Crippen LogP contribution in [0, 0.1) is 0 Å². The summed E-state index contributed by atoms with van der Waals surface area (Å²) in [5.74, 6) is 7.01. The summed E-state index contributed by atoms with van der Waals surface area (Å²) in [5.41, 5.74) is 5.52. The van der Waals surface area contributed by atoms with Gasteiger partial charge < -0.3 is 14.7 Å². The quantitative estimate of drug-likeness (QED) is 0.563. The molecule has 0 aliphatic rings. The number of para-hydroxylation sites is 2. The summed E-state index contributed by atoms with van der Waals surface area (Å²) in [6.07, 6.45) is 0. The molecule has 1 aromatic heterocycles. The van der Waals surface area contributed by atoms with Gasteiger partial charge in [0.2, 0.25) is 0 Å². The number of hydrogen-bond acceptors (Lipinski definition) is 4. The average molecular weight is 268 g/mol. The van der Waals surface area contributed by atoms with E-state index in [-0.39, 0.29) is 0 Å². The lowest BCUT2D eigenvalue weighted by Crippen LogP contribution is -2.06. The van der Waals surface area contributed by atoms with Gasteiger partial charge in [0.25, 0.3) is 0 Å². The molecule has 0 atom stereocenters. The fraction of sp³-hybridized carbons (Fsp3) is 0.133. The molecule has 0 saturated heterocycles. The van der Waals surface area contributed by atoms with Crippen molar-refractivity contribution < 1.29 is 4.74 Å². The van der Waals surface area contributed by atoms with Crippen molar-refractivity contribution >= 4 is 16.7 Å². The number of nitrogens with one attached hydrogen (secondary N) is 1. The Morgan fingerprint density at radius 1 is 1.15 bits per heavy atom. The van der Waals surface area contributed by atoms with Crippen molar-refractivity contribution in [3.8, 4) is 5.75 Å². The maximum absolute atomic E-state index is 5.75. The fourth-order valence-corrected chi connectivity index (χ4v) is 2.12. The zero-order valence-electron chi connectivity index (χ0n) is 11.2. The lowest BCUT2D eigenvalue weighted by atomic mass is 10.3. The minimum Gasteiger partial charge on any atom is -0.486 e. The van der Waals surface area contributed by atoms with Crippen LogP contribution >= 0.6 is 0 Å². The number of aryl methyl sites for hydroxylation is 1. The number of anilines is 1. The van der Waals surface area contributed by atoms with E-state index in [0.717, 1.165) is 28.3 Å². The second-order valence-corrected chi connectivity index (χ2v) is 4.53. The zero-order valence-corrected chi connectivity index (χ0v) is 11.2. The Balaban J connectivity index is 1.77. The smallest absolute Gasteiger partial charge is 0.147 e. The van der Waals surface area contributed by atoms with Crippen molar-refractivity contribution in [3.63, 3.8) is 0 Å². The third-order valence-electron chi connectivity index (χ3n) is 3.27. The summed E-state index contributed by atoms with van der Waals surface area (Å²) >= 11 is 0. The van der Waals surface area contributed by atoms with Gasteiger partial charge in [-0.1, -0.05) is 12.1 Å². The molecular formula is C15H16N4O. The molecule has 5 heteroatoms. The second kappa shape index (κ2) is 5.22. The third-order valence-corrected chi connectivity index (χ3v) is 3.27. The van der Waals surface area contributed by atoms with Crippen LogP contribution in [0.5, 0.6) is 5.75 Å². The van der Waals surface area contributed by atoms with Gasteiger partial charge in [-0.15, -0.1) is 0 Å². The molecule has 3 rings (SSSR count). The van der Waals surface area contributed by atoms with Gasteiger partial charge in [0.1, 0.15) is 18.2 Å². The Labute approximate surface area is 117 Å². The van der Waals surface area contributed by atoms with E-state index in [1.54, 1.807) is 0 Å². The van der Waals surface area contributed by atoms with E-state index >= 15 is 0 Å². The molecular weight excluding hydrogens is 252 g/mol. The minimum absolute atomic E-state index is 0.431. The molecule has 0 radical (unpaired) electrons. The highest BCUT2D eigenvalue weighted by Crippen LogP contribution is 2.18. The first-order chi connectivity index (χ1) is 9.78. The standard InChI is InChI=1S/C15H16N4O/c1-19-14-5-3-2-4-13(14)17-15(19)10-20-12-8-6-11(18-16)7-9-12/h2-9,18H,10,16H2,1H3. The van der Waals surface area contributed by atoms with Crippen LogP contribution in [0.25, 0.3) is 11.0 Å². The van der Waals surface area contributed by atoms with Crippen LogP contribution in [-0.2, 0) is 13.7 Å². The summed E-state index contributed by atoms with van der Waals surface area (Å²) in [6.45, 7) is 0.431. The molecule has 0 unspecified atom stereocenters. The van der Waals surface area contributed by atoms with E-state index < -0.39 is 0 Å². The van der Waals surface area contributed by atoms with Gasteiger partial charge in [-0.2, -0.15) is 0 Å². The predicted octanol–water partition coefficient (Wildman–Crippen LogP) is 2.44. The maximum atomic E-state index is 5.75. The van der Waals surface area contributed by atoms with Gasteiger partial charge in [0.05, 0.1) is 11.0 Å². The van der Waals surface area contributed by atoms with Crippen molar-refractivity contribution in [1.82, 2.24) is 9.55 Å².